The molecule has 1 fully saturated rings. The second kappa shape index (κ2) is 8.88. The third-order valence-corrected chi connectivity index (χ3v) is 4.61. The summed E-state index contributed by atoms with van der Waals surface area (Å²) in [5.41, 5.74) is 7.52. The molecule has 2 N–H and O–H groups in total. The van der Waals surface area contributed by atoms with Crippen LogP contribution in [0.4, 0.5) is 0 Å². The summed E-state index contributed by atoms with van der Waals surface area (Å²) in [4.78, 5) is 14.6. The minimum absolute atomic E-state index is 0. The predicted octanol–water partition coefficient (Wildman–Crippen LogP) is 3.50. The molecule has 3 rings (SSSR count). The Morgan fingerprint density at radius 3 is 2.44 bits per heavy atom. The molecule has 2 atom stereocenters. The van der Waals surface area contributed by atoms with Crippen molar-refractivity contribution in [2.45, 2.75) is 26.0 Å². The summed E-state index contributed by atoms with van der Waals surface area (Å²) in [6.45, 7) is 3.99. The molecule has 1 aliphatic heterocycles. The minimum Gasteiger partial charge on any atom is -0.489 e. The van der Waals surface area contributed by atoms with Gasteiger partial charge in [-0.1, -0.05) is 30.3 Å². The number of likely N-dealkylation sites (tertiary alicyclic amines) is 1. The number of rotatable bonds is 5. The van der Waals surface area contributed by atoms with Gasteiger partial charge in [0.25, 0.3) is 5.91 Å². The Labute approximate surface area is 155 Å². The molecule has 2 unspecified atom stereocenters. The lowest BCUT2D eigenvalue weighted by atomic mass is 10.1. The van der Waals surface area contributed by atoms with Crippen molar-refractivity contribution in [3.05, 3.63) is 65.7 Å². The molecule has 0 bridgehead atoms. The van der Waals surface area contributed by atoms with Crippen LogP contribution < -0.4 is 10.5 Å². The number of para-hydroxylation sites is 1. The number of benzene rings is 2. The van der Waals surface area contributed by atoms with Crippen molar-refractivity contribution in [1.82, 2.24) is 4.90 Å². The van der Waals surface area contributed by atoms with E-state index in [0.717, 1.165) is 29.8 Å². The van der Waals surface area contributed by atoms with Gasteiger partial charge in [-0.3, -0.25) is 4.79 Å². The van der Waals surface area contributed by atoms with E-state index in [2.05, 4.69) is 6.92 Å². The lowest BCUT2D eigenvalue weighted by Crippen LogP contribution is -2.34. The summed E-state index contributed by atoms with van der Waals surface area (Å²) in [7, 11) is 0. The Morgan fingerprint density at radius 1 is 1.16 bits per heavy atom. The van der Waals surface area contributed by atoms with Crippen LogP contribution in [-0.2, 0) is 6.61 Å². The van der Waals surface area contributed by atoms with E-state index in [1.54, 1.807) is 0 Å². The fourth-order valence-electron chi connectivity index (χ4n) is 3.19. The molecular weight excluding hydrogens is 336 g/mol. The SMILES string of the molecule is CC1CC(CN)CN1C(=O)c1ccc(COc2ccccc2)cc1.Cl. The summed E-state index contributed by atoms with van der Waals surface area (Å²) < 4.78 is 5.73. The lowest BCUT2D eigenvalue weighted by Gasteiger charge is -2.21. The molecule has 2 aromatic rings. The van der Waals surface area contributed by atoms with Gasteiger partial charge in [0.05, 0.1) is 0 Å². The molecule has 0 aromatic heterocycles. The number of amides is 1. The molecule has 2 aromatic carbocycles. The third-order valence-electron chi connectivity index (χ3n) is 4.61. The van der Waals surface area contributed by atoms with Gasteiger partial charge in [0.2, 0.25) is 0 Å². The number of ether oxygens (including phenoxy) is 1. The second-order valence-corrected chi connectivity index (χ2v) is 6.44. The van der Waals surface area contributed by atoms with Crippen molar-refractivity contribution >= 4 is 18.3 Å². The minimum atomic E-state index is 0. The average molecular weight is 361 g/mol. The van der Waals surface area contributed by atoms with Crippen LogP contribution in [0.5, 0.6) is 5.75 Å². The average Bonchev–Trinajstić information content (AvgIpc) is 3.01. The highest BCUT2D eigenvalue weighted by molar-refractivity contribution is 5.94. The predicted molar refractivity (Wildman–Crippen MR) is 102 cm³/mol. The number of halogens is 1. The summed E-state index contributed by atoms with van der Waals surface area (Å²) in [6, 6.07) is 17.7. The monoisotopic (exact) mass is 360 g/mol. The molecule has 0 spiro atoms. The van der Waals surface area contributed by atoms with Gasteiger partial charge in [-0.05, 0) is 55.6 Å². The van der Waals surface area contributed by atoms with Crippen LogP contribution in [0.2, 0.25) is 0 Å². The molecule has 1 heterocycles. The third kappa shape index (κ3) is 4.74. The summed E-state index contributed by atoms with van der Waals surface area (Å²) >= 11 is 0. The van der Waals surface area contributed by atoms with Crippen molar-refractivity contribution in [2.75, 3.05) is 13.1 Å². The highest BCUT2D eigenvalue weighted by Gasteiger charge is 2.31. The van der Waals surface area contributed by atoms with Crippen LogP contribution in [0, 0.1) is 5.92 Å². The van der Waals surface area contributed by atoms with Crippen molar-refractivity contribution in [2.24, 2.45) is 11.7 Å². The number of hydrogen-bond acceptors (Lipinski definition) is 3. The van der Waals surface area contributed by atoms with Crippen molar-refractivity contribution in [1.29, 1.82) is 0 Å². The van der Waals surface area contributed by atoms with Gasteiger partial charge in [-0.25, -0.2) is 0 Å². The largest absolute Gasteiger partial charge is 0.489 e. The van der Waals surface area contributed by atoms with Gasteiger partial charge >= 0.3 is 0 Å². The fourth-order valence-corrected chi connectivity index (χ4v) is 3.19. The van der Waals surface area contributed by atoms with Gasteiger partial charge in [-0.2, -0.15) is 0 Å². The molecule has 5 heteroatoms. The van der Waals surface area contributed by atoms with Gasteiger partial charge in [-0.15, -0.1) is 12.4 Å². The quantitative estimate of drug-likeness (QED) is 0.887. The molecule has 0 aliphatic carbocycles. The van der Waals surface area contributed by atoms with E-state index in [4.69, 9.17) is 10.5 Å². The summed E-state index contributed by atoms with van der Waals surface area (Å²) in [5, 5.41) is 0. The lowest BCUT2D eigenvalue weighted by molar-refractivity contribution is 0.0743. The first kappa shape index (κ1) is 19.3. The number of carbonyl (C=O) groups excluding carboxylic acids is 1. The van der Waals surface area contributed by atoms with E-state index in [0.29, 0.717) is 19.1 Å². The highest BCUT2D eigenvalue weighted by Crippen LogP contribution is 2.24. The smallest absolute Gasteiger partial charge is 0.254 e. The van der Waals surface area contributed by atoms with Crippen molar-refractivity contribution in [3.8, 4) is 5.75 Å². The van der Waals surface area contributed by atoms with Gasteiger partial charge in [0.15, 0.2) is 0 Å². The van der Waals surface area contributed by atoms with Gasteiger partial charge in [0.1, 0.15) is 12.4 Å². The van der Waals surface area contributed by atoms with E-state index in [9.17, 15) is 4.79 Å². The van der Waals surface area contributed by atoms with Gasteiger partial charge in [0, 0.05) is 18.2 Å². The van der Waals surface area contributed by atoms with Crippen LogP contribution >= 0.6 is 12.4 Å². The topological polar surface area (TPSA) is 55.6 Å². The van der Waals surface area contributed by atoms with Gasteiger partial charge < -0.3 is 15.4 Å². The summed E-state index contributed by atoms with van der Waals surface area (Å²) in [5.74, 6) is 1.35. The number of carbonyl (C=O) groups is 1. The number of hydrogen-bond donors (Lipinski definition) is 1. The zero-order valence-corrected chi connectivity index (χ0v) is 15.2. The molecule has 134 valence electrons. The van der Waals surface area contributed by atoms with Crippen LogP contribution in [-0.4, -0.2) is 29.9 Å². The van der Waals surface area contributed by atoms with Crippen molar-refractivity contribution in [3.63, 3.8) is 0 Å². The Balaban J connectivity index is 0.00000225. The molecule has 1 saturated heterocycles. The van der Waals surface area contributed by atoms with Crippen LogP contribution in [0.15, 0.2) is 54.6 Å². The van der Waals surface area contributed by atoms with Crippen LogP contribution in [0.25, 0.3) is 0 Å². The van der Waals surface area contributed by atoms with E-state index in [1.165, 1.54) is 0 Å². The normalized spacial score (nSPS) is 19.4. The molecule has 25 heavy (non-hydrogen) atoms. The Kier molecular flexibility index (Phi) is 6.85. The fraction of sp³-hybridized carbons (Fsp3) is 0.350. The molecule has 4 nitrogen and oxygen atoms in total. The zero-order valence-electron chi connectivity index (χ0n) is 14.4. The zero-order chi connectivity index (χ0) is 16.9. The molecular formula is C20H25ClN2O2. The van der Waals surface area contributed by atoms with Crippen molar-refractivity contribution < 1.29 is 9.53 Å². The van der Waals surface area contributed by atoms with E-state index in [1.807, 2.05) is 59.5 Å². The molecule has 0 radical (unpaired) electrons. The molecule has 1 aliphatic rings. The maximum absolute atomic E-state index is 12.7. The van der Waals surface area contributed by atoms with E-state index < -0.39 is 0 Å². The summed E-state index contributed by atoms with van der Waals surface area (Å²) in [6.07, 6.45) is 0.991. The Morgan fingerprint density at radius 2 is 1.84 bits per heavy atom. The van der Waals surface area contributed by atoms with Crippen LogP contribution in [0.1, 0.15) is 29.3 Å². The number of nitrogens with two attached hydrogens (primary N) is 1. The molecule has 0 saturated carbocycles. The first-order chi connectivity index (χ1) is 11.7. The molecule has 1 amide bonds. The highest BCUT2D eigenvalue weighted by atomic mass is 35.5. The van der Waals surface area contributed by atoms with Crippen LogP contribution in [0.3, 0.4) is 0 Å². The Bertz CT molecular complexity index is 676. The number of nitrogens with zero attached hydrogens (tertiary/aromatic N) is 1. The first-order valence-electron chi connectivity index (χ1n) is 8.45. The van der Waals surface area contributed by atoms with E-state index in [-0.39, 0.29) is 24.4 Å². The Hall–Kier alpha value is -2.04. The second-order valence-electron chi connectivity index (χ2n) is 6.44. The maximum Gasteiger partial charge on any atom is 0.254 e. The first-order valence-corrected chi connectivity index (χ1v) is 8.45. The van der Waals surface area contributed by atoms with E-state index >= 15 is 0 Å². The maximum atomic E-state index is 12.7. The standard InChI is InChI=1S/C20H24N2O2.ClH/c1-15-11-17(12-21)13-22(15)20(23)18-9-7-16(8-10-18)14-24-19-5-3-2-4-6-19;/h2-10,15,17H,11-14,21H2,1H3;1H.